The predicted molar refractivity (Wildman–Crippen MR) is 119 cm³/mol. The molecule has 2 heterocycles. The summed E-state index contributed by atoms with van der Waals surface area (Å²) < 4.78 is 16.3. The molecule has 7 nitrogen and oxygen atoms in total. The van der Waals surface area contributed by atoms with Crippen molar-refractivity contribution in [2.24, 2.45) is 0 Å². The van der Waals surface area contributed by atoms with E-state index < -0.39 is 11.9 Å². The highest BCUT2D eigenvalue weighted by atomic mass is 35.5. The van der Waals surface area contributed by atoms with Crippen LogP contribution in [0.3, 0.4) is 0 Å². The average molecular weight is 455 g/mol. The number of nitrogens with one attached hydrogen (secondary N) is 2. The second-order valence-corrected chi connectivity index (χ2v) is 7.74. The molecule has 1 aliphatic heterocycles. The van der Waals surface area contributed by atoms with E-state index in [1.165, 1.54) is 6.26 Å². The lowest BCUT2D eigenvalue weighted by atomic mass is 10.0. The quantitative estimate of drug-likeness (QED) is 0.544. The molecular formula is C24H23ClN2O5. The van der Waals surface area contributed by atoms with Crippen LogP contribution in [0.25, 0.3) is 0 Å². The van der Waals surface area contributed by atoms with Gasteiger partial charge in [0, 0.05) is 13.0 Å². The number of amides is 2. The van der Waals surface area contributed by atoms with Gasteiger partial charge >= 0.3 is 0 Å². The molecule has 0 radical (unpaired) electrons. The monoisotopic (exact) mass is 454 g/mol. The number of rotatable bonds is 8. The molecule has 0 spiro atoms. The van der Waals surface area contributed by atoms with Crippen molar-refractivity contribution in [1.29, 1.82) is 0 Å². The number of hydrogen-bond acceptors (Lipinski definition) is 5. The second-order valence-electron chi connectivity index (χ2n) is 7.34. The van der Waals surface area contributed by atoms with Gasteiger partial charge in [-0.2, -0.15) is 0 Å². The highest BCUT2D eigenvalue weighted by Crippen LogP contribution is 2.38. The Morgan fingerprint density at radius 2 is 1.81 bits per heavy atom. The lowest BCUT2D eigenvalue weighted by Gasteiger charge is -2.21. The van der Waals surface area contributed by atoms with Crippen LogP contribution in [0.4, 0.5) is 0 Å². The Morgan fingerprint density at radius 3 is 2.59 bits per heavy atom. The number of ether oxygens (including phenoxy) is 2. The molecule has 32 heavy (non-hydrogen) atoms. The van der Waals surface area contributed by atoms with E-state index in [-0.39, 0.29) is 11.7 Å². The molecule has 1 atom stereocenters. The summed E-state index contributed by atoms with van der Waals surface area (Å²) in [5.41, 5.74) is 1.85. The fourth-order valence-electron chi connectivity index (χ4n) is 3.46. The third-order valence-electron chi connectivity index (χ3n) is 5.02. The number of carbonyl (C=O) groups is 2. The fourth-order valence-corrected chi connectivity index (χ4v) is 3.75. The number of halogens is 1. The van der Waals surface area contributed by atoms with Crippen LogP contribution in [0.15, 0.2) is 65.3 Å². The minimum Gasteiger partial charge on any atom is -0.486 e. The molecule has 8 heteroatoms. The van der Waals surface area contributed by atoms with Crippen molar-refractivity contribution >= 4 is 23.4 Å². The van der Waals surface area contributed by atoms with Gasteiger partial charge in [0.15, 0.2) is 17.3 Å². The Kier molecular flexibility index (Phi) is 6.97. The minimum absolute atomic E-state index is 0.154. The van der Waals surface area contributed by atoms with Crippen molar-refractivity contribution in [1.82, 2.24) is 10.6 Å². The van der Waals surface area contributed by atoms with E-state index >= 15 is 0 Å². The van der Waals surface area contributed by atoms with Gasteiger partial charge < -0.3 is 24.5 Å². The lowest BCUT2D eigenvalue weighted by molar-refractivity contribution is -0.122. The summed E-state index contributed by atoms with van der Waals surface area (Å²) in [4.78, 5) is 25.4. The van der Waals surface area contributed by atoms with E-state index in [1.54, 1.807) is 18.2 Å². The molecule has 1 aromatic heterocycles. The van der Waals surface area contributed by atoms with Crippen molar-refractivity contribution in [2.75, 3.05) is 19.8 Å². The van der Waals surface area contributed by atoms with Crippen molar-refractivity contribution in [3.05, 3.63) is 82.8 Å². The first-order valence-corrected chi connectivity index (χ1v) is 10.7. The Hall–Kier alpha value is -3.45. The molecule has 1 unspecified atom stereocenters. The average Bonchev–Trinajstić information content (AvgIpc) is 3.34. The smallest absolute Gasteiger partial charge is 0.287 e. The van der Waals surface area contributed by atoms with Gasteiger partial charge in [0.1, 0.15) is 19.3 Å². The lowest BCUT2D eigenvalue weighted by Crippen LogP contribution is -2.48. The van der Waals surface area contributed by atoms with Crippen LogP contribution in [0, 0.1) is 0 Å². The van der Waals surface area contributed by atoms with Crippen LogP contribution in [0.2, 0.25) is 5.02 Å². The van der Waals surface area contributed by atoms with E-state index in [2.05, 4.69) is 10.6 Å². The number of benzene rings is 2. The molecular weight excluding hydrogens is 432 g/mol. The first-order valence-electron chi connectivity index (χ1n) is 10.3. The van der Waals surface area contributed by atoms with Gasteiger partial charge in [0.25, 0.3) is 5.91 Å². The number of fused-ring (bicyclic) bond motifs is 1. The summed E-state index contributed by atoms with van der Waals surface area (Å²) >= 11 is 6.29. The third kappa shape index (κ3) is 5.42. The van der Waals surface area contributed by atoms with E-state index in [0.29, 0.717) is 49.1 Å². The highest BCUT2D eigenvalue weighted by Gasteiger charge is 2.23. The molecule has 2 aromatic carbocycles. The molecule has 2 amide bonds. The number of carbonyl (C=O) groups excluding carboxylic acids is 2. The zero-order valence-electron chi connectivity index (χ0n) is 17.3. The minimum atomic E-state index is -0.751. The number of furan rings is 1. The van der Waals surface area contributed by atoms with Gasteiger partial charge in [-0.25, -0.2) is 0 Å². The van der Waals surface area contributed by atoms with Crippen molar-refractivity contribution < 1.29 is 23.5 Å². The molecule has 3 aromatic rings. The third-order valence-corrected chi connectivity index (χ3v) is 5.30. The summed E-state index contributed by atoms with van der Waals surface area (Å²) in [7, 11) is 0. The molecule has 0 saturated heterocycles. The van der Waals surface area contributed by atoms with Crippen LogP contribution in [0.5, 0.6) is 11.5 Å². The van der Waals surface area contributed by atoms with Gasteiger partial charge in [-0.15, -0.1) is 0 Å². The van der Waals surface area contributed by atoms with Gasteiger partial charge in [-0.1, -0.05) is 41.9 Å². The van der Waals surface area contributed by atoms with Gasteiger partial charge in [-0.3, -0.25) is 9.59 Å². The zero-order valence-corrected chi connectivity index (χ0v) is 18.1. The fraction of sp³-hybridized carbons (Fsp3) is 0.250. The van der Waals surface area contributed by atoms with Gasteiger partial charge in [0.05, 0.1) is 11.3 Å². The molecule has 0 aliphatic carbocycles. The summed E-state index contributed by atoms with van der Waals surface area (Å²) in [5, 5.41) is 6.15. The maximum absolute atomic E-state index is 12.9. The Labute approximate surface area is 190 Å². The van der Waals surface area contributed by atoms with E-state index in [1.807, 2.05) is 36.4 Å². The Bertz CT molecular complexity index is 1070. The van der Waals surface area contributed by atoms with E-state index in [0.717, 1.165) is 11.1 Å². The maximum Gasteiger partial charge on any atom is 0.287 e. The number of hydrogen-bond donors (Lipinski definition) is 2. The van der Waals surface area contributed by atoms with Crippen molar-refractivity contribution in [3.8, 4) is 11.5 Å². The molecule has 4 rings (SSSR count). The van der Waals surface area contributed by atoms with Crippen molar-refractivity contribution in [3.63, 3.8) is 0 Å². The van der Waals surface area contributed by atoms with Crippen LogP contribution >= 0.6 is 11.6 Å². The SMILES string of the molecule is O=C(NC(Cc1ccccc1)C(=O)NCCc1cc(Cl)c2c(c1)OCCO2)c1ccco1. The molecule has 0 bridgehead atoms. The van der Waals surface area contributed by atoms with E-state index in [9.17, 15) is 9.59 Å². The second kappa shape index (κ2) is 10.2. The summed E-state index contributed by atoms with van der Waals surface area (Å²) in [6, 6.07) is 15.6. The first-order chi connectivity index (χ1) is 15.6. The highest BCUT2D eigenvalue weighted by molar-refractivity contribution is 6.32. The van der Waals surface area contributed by atoms with Gasteiger partial charge in [-0.05, 0) is 41.8 Å². The van der Waals surface area contributed by atoms with E-state index in [4.69, 9.17) is 25.5 Å². The predicted octanol–water partition coefficient (Wildman–Crippen LogP) is 3.40. The summed E-state index contributed by atoms with van der Waals surface area (Å²) in [5.74, 6) is 0.593. The topological polar surface area (TPSA) is 89.8 Å². The molecule has 2 N–H and O–H groups in total. The molecule has 0 fully saturated rings. The summed E-state index contributed by atoms with van der Waals surface area (Å²) in [6.07, 6.45) is 2.32. The normalized spacial score (nSPS) is 13.3. The van der Waals surface area contributed by atoms with Crippen molar-refractivity contribution in [2.45, 2.75) is 18.9 Å². The van der Waals surface area contributed by atoms with Crippen LogP contribution in [0.1, 0.15) is 21.7 Å². The zero-order chi connectivity index (χ0) is 22.3. The first kappa shape index (κ1) is 21.8. The summed E-state index contributed by atoms with van der Waals surface area (Å²) in [6.45, 7) is 1.31. The van der Waals surface area contributed by atoms with Crippen LogP contribution in [-0.2, 0) is 17.6 Å². The van der Waals surface area contributed by atoms with Gasteiger partial charge in [0.2, 0.25) is 5.91 Å². The Balaban J connectivity index is 1.39. The van der Waals surface area contributed by atoms with Crippen LogP contribution < -0.4 is 20.1 Å². The Morgan fingerprint density at radius 1 is 1.00 bits per heavy atom. The largest absolute Gasteiger partial charge is 0.486 e. The van der Waals surface area contributed by atoms with Crippen LogP contribution in [-0.4, -0.2) is 37.6 Å². The molecule has 166 valence electrons. The standard InChI is InChI=1S/C24H23ClN2O5/c25-18-13-17(15-21-22(18)32-12-11-31-21)8-9-26-23(28)19(14-16-5-2-1-3-6-16)27-24(29)20-7-4-10-30-20/h1-7,10,13,15,19H,8-9,11-12,14H2,(H,26,28)(H,27,29). The maximum atomic E-state index is 12.9. The molecule has 0 saturated carbocycles. The molecule has 1 aliphatic rings.